The molecule has 1 heterocycles. The molecule has 0 aliphatic carbocycles. The van der Waals surface area contributed by atoms with Crippen LogP contribution in [-0.4, -0.2) is 34.8 Å². The van der Waals surface area contributed by atoms with Crippen molar-refractivity contribution in [1.29, 1.82) is 0 Å². The summed E-state index contributed by atoms with van der Waals surface area (Å²) >= 11 is 0. The summed E-state index contributed by atoms with van der Waals surface area (Å²) < 4.78 is 5.69. The highest BCUT2D eigenvalue weighted by Gasteiger charge is 2.35. The minimum atomic E-state index is -0.440. The van der Waals surface area contributed by atoms with Gasteiger partial charge in [0.25, 0.3) is 0 Å². The second-order valence-corrected chi connectivity index (χ2v) is 8.22. The lowest BCUT2D eigenvalue weighted by Crippen LogP contribution is -2.46. The third kappa shape index (κ3) is 4.97. The molecule has 25 heavy (non-hydrogen) atoms. The molecule has 1 unspecified atom stereocenters. The number of benzene rings is 1. The Labute approximate surface area is 152 Å². The molecule has 1 aromatic rings. The molecule has 1 fully saturated rings. The standard InChI is InChI=1S/C21H33NO3/c1-6-11-20(3,4)25-19(24)22-14-12-21(5,13-15-22)18-9-7-17(8-10-18)16(2)23/h7-10,16,23H,6,11-15H2,1-5H3. The Morgan fingerprint density at radius 1 is 1.28 bits per heavy atom. The van der Waals surface area contributed by atoms with Gasteiger partial charge in [-0.1, -0.05) is 44.5 Å². The first-order valence-electron chi connectivity index (χ1n) is 9.43. The quantitative estimate of drug-likeness (QED) is 0.831. The molecular weight excluding hydrogens is 314 g/mol. The lowest BCUT2D eigenvalue weighted by atomic mass is 9.74. The van der Waals surface area contributed by atoms with Gasteiger partial charge >= 0.3 is 6.09 Å². The number of aliphatic hydroxyl groups excluding tert-OH is 1. The molecule has 1 aliphatic rings. The third-order valence-corrected chi connectivity index (χ3v) is 5.43. The molecule has 140 valence electrons. The van der Waals surface area contributed by atoms with E-state index in [9.17, 15) is 9.90 Å². The summed E-state index contributed by atoms with van der Waals surface area (Å²) in [5, 5.41) is 9.66. The van der Waals surface area contributed by atoms with Crippen molar-refractivity contribution in [2.45, 2.75) is 77.4 Å². The predicted octanol–water partition coefficient (Wildman–Crippen LogP) is 4.81. The Hall–Kier alpha value is -1.55. The fourth-order valence-electron chi connectivity index (χ4n) is 3.59. The third-order valence-electron chi connectivity index (χ3n) is 5.43. The molecule has 0 spiro atoms. The Morgan fingerprint density at radius 3 is 2.32 bits per heavy atom. The largest absolute Gasteiger partial charge is 0.443 e. The van der Waals surface area contributed by atoms with Gasteiger partial charge in [-0.25, -0.2) is 4.79 Å². The highest BCUT2D eigenvalue weighted by molar-refractivity contribution is 5.68. The van der Waals surface area contributed by atoms with Crippen molar-refractivity contribution in [2.24, 2.45) is 0 Å². The van der Waals surface area contributed by atoms with Crippen molar-refractivity contribution in [3.05, 3.63) is 35.4 Å². The molecule has 4 heteroatoms. The van der Waals surface area contributed by atoms with E-state index in [1.54, 1.807) is 6.92 Å². The van der Waals surface area contributed by atoms with Crippen LogP contribution in [0.3, 0.4) is 0 Å². The molecule has 4 nitrogen and oxygen atoms in total. The summed E-state index contributed by atoms with van der Waals surface area (Å²) in [4.78, 5) is 14.3. The minimum absolute atomic E-state index is 0.0624. The van der Waals surface area contributed by atoms with Crippen molar-refractivity contribution >= 4 is 6.09 Å². The number of carbonyl (C=O) groups is 1. The number of hydrogen-bond acceptors (Lipinski definition) is 3. The van der Waals surface area contributed by atoms with Crippen LogP contribution >= 0.6 is 0 Å². The van der Waals surface area contributed by atoms with E-state index >= 15 is 0 Å². The highest BCUT2D eigenvalue weighted by Crippen LogP contribution is 2.36. The van der Waals surface area contributed by atoms with Crippen LogP contribution in [0.2, 0.25) is 0 Å². The maximum absolute atomic E-state index is 12.4. The molecule has 1 aliphatic heterocycles. The van der Waals surface area contributed by atoms with E-state index in [4.69, 9.17) is 4.74 Å². The first-order chi connectivity index (χ1) is 11.7. The number of nitrogens with zero attached hydrogens (tertiary/aromatic N) is 1. The van der Waals surface area contributed by atoms with Crippen molar-refractivity contribution in [2.75, 3.05) is 13.1 Å². The number of carbonyl (C=O) groups excluding carboxylic acids is 1. The average molecular weight is 347 g/mol. The smallest absolute Gasteiger partial charge is 0.410 e. The van der Waals surface area contributed by atoms with Crippen molar-refractivity contribution < 1.29 is 14.6 Å². The van der Waals surface area contributed by atoms with Gasteiger partial charge in [-0.2, -0.15) is 0 Å². The normalized spacial score (nSPS) is 18.7. The van der Waals surface area contributed by atoms with Gasteiger partial charge in [-0.3, -0.25) is 0 Å². The van der Waals surface area contributed by atoms with E-state index < -0.39 is 11.7 Å². The van der Waals surface area contributed by atoms with Gasteiger partial charge in [-0.15, -0.1) is 0 Å². The van der Waals surface area contributed by atoms with Crippen LogP contribution in [0.4, 0.5) is 4.79 Å². The molecule has 0 bridgehead atoms. The fourth-order valence-corrected chi connectivity index (χ4v) is 3.59. The molecule has 1 atom stereocenters. The maximum atomic E-state index is 12.4. The Balaban J connectivity index is 1.96. The number of rotatable bonds is 5. The van der Waals surface area contributed by atoms with E-state index in [1.165, 1.54) is 5.56 Å². The first kappa shape index (κ1) is 19.8. The summed E-state index contributed by atoms with van der Waals surface area (Å²) in [5.41, 5.74) is 1.87. The molecule has 2 rings (SSSR count). The molecule has 1 N–H and O–H groups in total. The Kier molecular flexibility index (Phi) is 6.15. The van der Waals surface area contributed by atoms with Gasteiger partial charge < -0.3 is 14.7 Å². The monoisotopic (exact) mass is 347 g/mol. The van der Waals surface area contributed by atoms with Gasteiger partial charge in [-0.05, 0) is 56.6 Å². The van der Waals surface area contributed by atoms with Crippen LogP contribution in [0.15, 0.2) is 24.3 Å². The van der Waals surface area contributed by atoms with Gasteiger partial charge in [0.2, 0.25) is 0 Å². The first-order valence-corrected chi connectivity index (χ1v) is 9.43. The summed E-state index contributed by atoms with van der Waals surface area (Å²) in [7, 11) is 0. The summed E-state index contributed by atoms with van der Waals surface area (Å²) in [6.45, 7) is 11.5. The predicted molar refractivity (Wildman–Crippen MR) is 101 cm³/mol. The van der Waals surface area contributed by atoms with Crippen LogP contribution in [0, 0.1) is 0 Å². The molecule has 1 amide bonds. The van der Waals surface area contributed by atoms with Crippen LogP contribution in [-0.2, 0) is 10.2 Å². The summed E-state index contributed by atoms with van der Waals surface area (Å²) in [6.07, 6.45) is 3.09. The molecule has 0 aromatic heterocycles. The van der Waals surface area contributed by atoms with Crippen LogP contribution < -0.4 is 0 Å². The topological polar surface area (TPSA) is 49.8 Å². The average Bonchev–Trinajstić information content (AvgIpc) is 2.55. The molecular formula is C21H33NO3. The highest BCUT2D eigenvalue weighted by atomic mass is 16.6. The van der Waals surface area contributed by atoms with E-state index in [2.05, 4.69) is 26.0 Å². The SMILES string of the molecule is CCCC(C)(C)OC(=O)N1CCC(C)(c2ccc(C(C)O)cc2)CC1. The van der Waals surface area contributed by atoms with Crippen LogP contribution in [0.5, 0.6) is 0 Å². The fraction of sp³-hybridized carbons (Fsp3) is 0.667. The second kappa shape index (κ2) is 7.77. The number of aliphatic hydroxyl groups is 1. The van der Waals surface area contributed by atoms with E-state index in [1.807, 2.05) is 30.9 Å². The number of amides is 1. The Bertz CT molecular complexity index is 569. The molecule has 1 aromatic carbocycles. The van der Waals surface area contributed by atoms with Gasteiger partial charge in [0.15, 0.2) is 0 Å². The molecule has 1 saturated heterocycles. The zero-order valence-electron chi connectivity index (χ0n) is 16.3. The number of hydrogen-bond donors (Lipinski definition) is 1. The van der Waals surface area contributed by atoms with Crippen molar-refractivity contribution in [3.8, 4) is 0 Å². The lowest BCUT2D eigenvalue weighted by Gasteiger charge is -2.40. The summed E-state index contributed by atoms with van der Waals surface area (Å²) in [5.74, 6) is 0. The second-order valence-electron chi connectivity index (χ2n) is 8.22. The number of piperidine rings is 1. The minimum Gasteiger partial charge on any atom is -0.443 e. The van der Waals surface area contributed by atoms with Crippen LogP contribution in [0.25, 0.3) is 0 Å². The van der Waals surface area contributed by atoms with E-state index in [0.29, 0.717) is 0 Å². The molecule has 0 saturated carbocycles. The van der Waals surface area contributed by atoms with Gasteiger partial charge in [0, 0.05) is 13.1 Å². The number of likely N-dealkylation sites (tertiary alicyclic amines) is 1. The van der Waals surface area contributed by atoms with Crippen molar-refractivity contribution in [1.82, 2.24) is 4.90 Å². The summed E-state index contributed by atoms with van der Waals surface area (Å²) in [6, 6.07) is 8.22. The van der Waals surface area contributed by atoms with Gasteiger partial charge in [0.05, 0.1) is 6.10 Å². The van der Waals surface area contributed by atoms with E-state index in [0.717, 1.165) is 44.3 Å². The van der Waals surface area contributed by atoms with Crippen LogP contribution in [0.1, 0.15) is 77.5 Å². The zero-order valence-corrected chi connectivity index (χ0v) is 16.3. The van der Waals surface area contributed by atoms with E-state index in [-0.39, 0.29) is 11.5 Å². The van der Waals surface area contributed by atoms with Crippen molar-refractivity contribution in [3.63, 3.8) is 0 Å². The Morgan fingerprint density at radius 2 is 1.84 bits per heavy atom. The molecule has 0 radical (unpaired) electrons. The maximum Gasteiger partial charge on any atom is 0.410 e. The number of ether oxygens (including phenoxy) is 1. The zero-order chi connectivity index (χ0) is 18.7. The lowest BCUT2D eigenvalue weighted by molar-refractivity contribution is 0.00176. The van der Waals surface area contributed by atoms with Gasteiger partial charge in [0.1, 0.15) is 5.60 Å².